The van der Waals surface area contributed by atoms with Crippen LogP contribution in [0.1, 0.15) is 36.8 Å². The van der Waals surface area contributed by atoms with Gasteiger partial charge < -0.3 is 10.6 Å². The second-order valence-electron chi connectivity index (χ2n) is 5.85. The lowest BCUT2D eigenvalue weighted by Gasteiger charge is -2.22. The molecule has 0 unspecified atom stereocenters. The van der Waals surface area contributed by atoms with Crippen LogP contribution < -0.4 is 10.6 Å². The SMILES string of the molecule is CSCc1cc(F)ccc1CNC(=O)CCC1CCNCC1. The van der Waals surface area contributed by atoms with Crippen LogP contribution in [0, 0.1) is 11.7 Å². The van der Waals surface area contributed by atoms with Gasteiger partial charge >= 0.3 is 0 Å². The molecule has 22 heavy (non-hydrogen) atoms. The van der Waals surface area contributed by atoms with Gasteiger partial charge in [0, 0.05) is 18.7 Å². The normalized spacial score (nSPS) is 15.7. The highest BCUT2D eigenvalue weighted by atomic mass is 32.2. The molecule has 0 radical (unpaired) electrons. The molecule has 0 atom stereocenters. The summed E-state index contributed by atoms with van der Waals surface area (Å²) in [5.74, 6) is 1.31. The van der Waals surface area contributed by atoms with Gasteiger partial charge in [-0.25, -0.2) is 4.39 Å². The maximum Gasteiger partial charge on any atom is 0.220 e. The summed E-state index contributed by atoms with van der Waals surface area (Å²) in [5.41, 5.74) is 1.97. The van der Waals surface area contributed by atoms with E-state index in [0.717, 1.165) is 36.4 Å². The molecule has 3 nitrogen and oxygen atoms in total. The Morgan fingerprint density at radius 3 is 2.86 bits per heavy atom. The fraction of sp³-hybridized carbons (Fsp3) is 0.588. The van der Waals surface area contributed by atoms with E-state index in [1.165, 1.54) is 18.9 Å². The summed E-state index contributed by atoms with van der Waals surface area (Å²) >= 11 is 1.66. The van der Waals surface area contributed by atoms with E-state index in [1.54, 1.807) is 23.9 Å². The number of rotatable bonds is 7. The molecule has 2 rings (SSSR count). The first-order valence-electron chi connectivity index (χ1n) is 7.92. The predicted molar refractivity (Wildman–Crippen MR) is 90.3 cm³/mol. The van der Waals surface area contributed by atoms with Crippen LogP contribution in [0.25, 0.3) is 0 Å². The molecule has 1 aliphatic heterocycles. The van der Waals surface area contributed by atoms with E-state index < -0.39 is 0 Å². The minimum absolute atomic E-state index is 0.0953. The Labute approximate surface area is 136 Å². The molecular formula is C17H25FN2OS. The van der Waals surface area contributed by atoms with Crippen LogP contribution in [0.15, 0.2) is 18.2 Å². The summed E-state index contributed by atoms with van der Waals surface area (Å²) < 4.78 is 13.3. The standard InChI is InChI=1S/C17H25FN2OS/c1-22-12-15-10-16(18)4-3-14(15)11-20-17(21)5-2-13-6-8-19-9-7-13/h3-4,10,13,19H,2,5-9,11-12H2,1H3,(H,20,21). The number of halogens is 1. The first kappa shape index (κ1) is 17.3. The average Bonchev–Trinajstić information content (AvgIpc) is 2.53. The van der Waals surface area contributed by atoms with Gasteiger partial charge in [-0.15, -0.1) is 0 Å². The zero-order valence-electron chi connectivity index (χ0n) is 13.2. The zero-order chi connectivity index (χ0) is 15.8. The van der Waals surface area contributed by atoms with Gasteiger partial charge in [-0.05, 0) is 67.8 Å². The van der Waals surface area contributed by atoms with Crippen molar-refractivity contribution in [2.24, 2.45) is 5.92 Å². The van der Waals surface area contributed by atoms with Gasteiger partial charge in [0.15, 0.2) is 0 Å². The Hall–Kier alpha value is -1.07. The van der Waals surface area contributed by atoms with Gasteiger partial charge in [0.25, 0.3) is 0 Å². The monoisotopic (exact) mass is 324 g/mol. The van der Waals surface area contributed by atoms with Crippen LogP contribution >= 0.6 is 11.8 Å². The van der Waals surface area contributed by atoms with Crippen LogP contribution in [0.2, 0.25) is 0 Å². The van der Waals surface area contributed by atoms with Gasteiger partial charge in [-0.3, -0.25) is 4.79 Å². The van der Waals surface area contributed by atoms with Crippen molar-refractivity contribution in [3.63, 3.8) is 0 Å². The quantitative estimate of drug-likeness (QED) is 0.810. The van der Waals surface area contributed by atoms with Gasteiger partial charge in [0.1, 0.15) is 5.82 Å². The second-order valence-corrected chi connectivity index (χ2v) is 6.72. The van der Waals surface area contributed by atoms with Crippen molar-refractivity contribution >= 4 is 17.7 Å². The predicted octanol–water partition coefficient (Wildman–Crippen LogP) is 3.08. The maximum absolute atomic E-state index is 13.3. The third kappa shape index (κ3) is 5.61. The second kappa shape index (κ2) is 9.16. The van der Waals surface area contributed by atoms with Crippen molar-refractivity contribution in [1.82, 2.24) is 10.6 Å². The Morgan fingerprint density at radius 1 is 1.36 bits per heavy atom. The van der Waals surface area contributed by atoms with Crippen molar-refractivity contribution in [1.29, 1.82) is 0 Å². The highest BCUT2D eigenvalue weighted by Gasteiger charge is 2.14. The molecule has 1 amide bonds. The summed E-state index contributed by atoms with van der Waals surface area (Å²) in [6.07, 6.45) is 5.89. The minimum atomic E-state index is -0.218. The number of nitrogens with one attached hydrogen (secondary N) is 2. The number of carbonyl (C=O) groups excluding carboxylic acids is 1. The highest BCUT2D eigenvalue weighted by molar-refractivity contribution is 7.97. The van der Waals surface area contributed by atoms with Gasteiger partial charge in [0.2, 0.25) is 5.91 Å². The van der Waals surface area contributed by atoms with Gasteiger partial charge in [-0.2, -0.15) is 11.8 Å². The molecule has 1 saturated heterocycles. The summed E-state index contributed by atoms with van der Waals surface area (Å²) in [6, 6.07) is 4.79. The average molecular weight is 324 g/mol. The Bertz CT molecular complexity index is 490. The largest absolute Gasteiger partial charge is 0.352 e. The van der Waals surface area contributed by atoms with E-state index >= 15 is 0 Å². The number of hydrogen-bond acceptors (Lipinski definition) is 3. The van der Waals surface area contributed by atoms with E-state index in [2.05, 4.69) is 10.6 Å². The lowest BCUT2D eigenvalue weighted by atomic mass is 9.93. The minimum Gasteiger partial charge on any atom is -0.352 e. The van der Waals surface area contributed by atoms with Crippen molar-refractivity contribution in [3.05, 3.63) is 35.1 Å². The molecule has 0 saturated carbocycles. The van der Waals surface area contributed by atoms with Crippen LogP contribution in [0.4, 0.5) is 4.39 Å². The molecule has 2 N–H and O–H groups in total. The Morgan fingerprint density at radius 2 is 2.14 bits per heavy atom. The summed E-state index contributed by atoms with van der Waals surface area (Å²) in [5, 5.41) is 6.31. The number of piperidine rings is 1. The molecule has 0 bridgehead atoms. The van der Waals surface area contributed by atoms with Crippen LogP contribution in [0.3, 0.4) is 0 Å². The Balaban J connectivity index is 1.78. The summed E-state index contributed by atoms with van der Waals surface area (Å²) in [4.78, 5) is 12.0. The summed E-state index contributed by atoms with van der Waals surface area (Å²) in [7, 11) is 0. The number of benzene rings is 1. The fourth-order valence-corrected chi connectivity index (χ4v) is 3.42. The lowest BCUT2D eigenvalue weighted by molar-refractivity contribution is -0.121. The molecule has 0 aliphatic carbocycles. The van der Waals surface area contributed by atoms with Gasteiger partial charge in [-0.1, -0.05) is 6.07 Å². The third-order valence-corrected chi connectivity index (χ3v) is 4.78. The molecule has 1 fully saturated rings. The van der Waals surface area contributed by atoms with E-state index in [-0.39, 0.29) is 11.7 Å². The van der Waals surface area contributed by atoms with Crippen molar-refractivity contribution in [3.8, 4) is 0 Å². The van der Waals surface area contributed by atoms with Crippen LogP contribution in [0.5, 0.6) is 0 Å². The number of hydrogen-bond donors (Lipinski definition) is 2. The first-order chi connectivity index (χ1) is 10.7. The van der Waals surface area contributed by atoms with E-state index in [9.17, 15) is 9.18 Å². The number of thioether (sulfide) groups is 1. The highest BCUT2D eigenvalue weighted by Crippen LogP contribution is 2.18. The van der Waals surface area contributed by atoms with Crippen LogP contribution in [-0.2, 0) is 17.1 Å². The molecular weight excluding hydrogens is 299 g/mol. The third-order valence-electron chi connectivity index (χ3n) is 4.18. The summed E-state index contributed by atoms with van der Waals surface area (Å²) in [6.45, 7) is 2.63. The molecule has 1 heterocycles. The van der Waals surface area contributed by atoms with Crippen molar-refractivity contribution < 1.29 is 9.18 Å². The smallest absolute Gasteiger partial charge is 0.220 e. The van der Waals surface area contributed by atoms with Gasteiger partial charge in [0.05, 0.1) is 0 Å². The molecule has 5 heteroatoms. The molecule has 122 valence electrons. The van der Waals surface area contributed by atoms with E-state index in [1.807, 2.05) is 6.26 Å². The van der Waals surface area contributed by atoms with Crippen molar-refractivity contribution in [2.45, 2.75) is 38.0 Å². The zero-order valence-corrected chi connectivity index (χ0v) is 14.0. The Kier molecular flexibility index (Phi) is 7.19. The topological polar surface area (TPSA) is 41.1 Å². The molecule has 1 aliphatic rings. The molecule has 1 aromatic carbocycles. The fourth-order valence-electron chi connectivity index (χ4n) is 2.84. The van der Waals surface area contributed by atoms with Crippen LogP contribution in [-0.4, -0.2) is 25.3 Å². The molecule has 0 spiro atoms. The van der Waals surface area contributed by atoms with Crippen molar-refractivity contribution in [2.75, 3.05) is 19.3 Å². The van der Waals surface area contributed by atoms with E-state index in [4.69, 9.17) is 0 Å². The molecule has 0 aromatic heterocycles. The number of amides is 1. The maximum atomic E-state index is 13.3. The molecule has 1 aromatic rings. The number of carbonyl (C=O) groups is 1. The first-order valence-corrected chi connectivity index (χ1v) is 9.32. The van der Waals surface area contributed by atoms with E-state index in [0.29, 0.717) is 18.9 Å². The lowest BCUT2D eigenvalue weighted by Crippen LogP contribution is -2.29.